The number of nitrogens with zero attached hydrogens (tertiary/aromatic N) is 1. The number of amides is 1. The van der Waals surface area contributed by atoms with Crippen LogP contribution in [0.5, 0.6) is 0 Å². The van der Waals surface area contributed by atoms with Crippen molar-refractivity contribution in [3.8, 4) is 0 Å². The molecule has 4 rings (SSSR count). The molecule has 57 heavy (non-hydrogen) atoms. The second-order valence-corrected chi connectivity index (χ2v) is 17.7. The van der Waals surface area contributed by atoms with E-state index >= 15 is 0 Å². The predicted octanol–water partition coefficient (Wildman–Crippen LogP) is 5.30. The number of ketones is 3. The number of carbonyl (C=O) groups excluding carboxylic acids is 4. The second kappa shape index (κ2) is 21.1. The third-order valence-electron chi connectivity index (χ3n) is 13.4. The van der Waals surface area contributed by atoms with Crippen molar-refractivity contribution < 1.29 is 53.4 Å². The fourth-order valence-corrected chi connectivity index (χ4v) is 9.91. The molecule has 1 aliphatic carbocycles. The zero-order chi connectivity index (χ0) is 42.2. The summed E-state index contributed by atoms with van der Waals surface area (Å²) in [4.78, 5) is 58.3. The molecule has 12 heteroatoms. The van der Waals surface area contributed by atoms with E-state index < -0.39 is 77.7 Å². The first kappa shape index (κ1) is 47.1. The van der Waals surface area contributed by atoms with Crippen LogP contribution in [0.4, 0.5) is 0 Å². The minimum absolute atomic E-state index is 0.0264. The molecule has 1 saturated carbocycles. The largest absolute Gasteiger partial charge is 0.392 e. The third-order valence-corrected chi connectivity index (χ3v) is 13.4. The first-order valence-corrected chi connectivity index (χ1v) is 21.2. The van der Waals surface area contributed by atoms with Crippen LogP contribution in [0.3, 0.4) is 0 Å². The number of fused-ring (bicyclic) bond motifs is 3. The van der Waals surface area contributed by atoms with Gasteiger partial charge in [0.05, 0.1) is 36.6 Å². The van der Waals surface area contributed by atoms with Gasteiger partial charge in [-0.3, -0.25) is 19.2 Å². The molecule has 14 atom stereocenters. The van der Waals surface area contributed by atoms with Crippen LogP contribution in [-0.2, 0) is 38.1 Å². The highest BCUT2D eigenvalue weighted by Gasteiger charge is 2.56. The lowest BCUT2D eigenvalue weighted by Crippen LogP contribution is -2.64. The van der Waals surface area contributed by atoms with Crippen molar-refractivity contribution in [2.75, 3.05) is 27.9 Å². The number of ether oxygens (including phenoxy) is 4. The van der Waals surface area contributed by atoms with E-state index in [2.05, 4.69) is 19.6 Å². The number of Topliss-reactive ketones (excluding diaryl/α,β-unsaturated/α-hetero) is 3. The molecule has 3 N–H and O–H groups in total. The Hall–Kier alpha value is -2.58. The predicted molar refractivity (Wildman–Crippen MR) is 216 cm³/mol. The number of piperidine rings is 1. The van der Waals surface area contributed by atoms with E-state index in [0.717, 1.165) is 17.6 Å². The molecule has 322 valence electrons. The number of aliphatic hydroxyl groups excluding tert-OH is 2. The highest BCUT2D eigenvalue weighted by atomic mass is 16.7. The van der Waals surface area contributed by atoms with Gasteiger partial charge in [0, 0.05) is 52.6 Å². The van der Waals surface area contributed by atoms with Crippen LogP contribution < -0.4 is 0 Å². The Bertz CT molecular complexity index is 1480. The van der Waals surface area contributed by atoms with Crippen molar-refractivity contribution in [3.63, 3.8) is 0 Å². The molecule has 0 radical (unpaired) electrons. The van der Waals surface area contributed by atoms with Gasteiger partial charge in [-0.25, -0.2) is 0 Å². The molecule has 4 aliphatic rings. The van der Waals surface area contributed by atoms with E-state index in [4.69, 9.17) is 18.9 Å². The number of aliphatic hydroxyl groups is 3. The number of hydrogen-bond acceptors (Lipinski definition) is 11. The second-order valence-electron chi connectivity index (χ2n) is 17.7. The number of allylic oxidation sites excluding steroid dienone is 5. The summed E-state index contributed by atoms with van der Waals surface area (Å²) in [5.41, 5.74) is 1.86. The normalized spacial score (nSPS) is 41.1. The van der Waals surface area contributed by atoms with Crippen molar-refractivity contribution in [1.29, 1.82) is 0 Å². The zero-order valence-electron chi connectivity index (χ0n) is 35.7. The molecule has 3 fully saturated rings. The fraction of sp³-hybridized carbons (Fsp3) is 0.778. The van der Waals surface area contributed by atoms with Gasteiger partial charge in [-0.15, -0.1) is 6.58 Å². The Balaban J connectivity index is 1.78. The fourth-order valence-electron chi connectivity index (χ4n) is 9.91. The Morgan fingerprint density at radius 1 is 0.895 bits per heavy atom. The molecule has 0 aromatic carbocycles. The molecule has 0 aromatic rings. The van der Waals surface area contributed by atoms with Crippen LogP contribution in [0.25, 0.3) is 0 Å². The highest BCUT2D eigenvalue weighted by Crippen LogP contribution is 2.40. The van der Waals surface area contributed by atoms with Gasteiger partial charge < -0.3 is 39.2 Å². The van der Waals surface area contributed by atoms with Crippen LogP contribution in [0, 0.1) is 35.5 Å². The van der Waals surface area contributed by atoms with E-state index in [1.807, 2.05) is 26.8 Å². The highest BCUT2D eigenvalue weighted by molar-refractivity contribution is 6.39. The van der Waals surface area contributed by atoms with E-state index in [1.54, 1.807) is 27.2 Å². The minimum atomic E-state index is -2.47. The molecule has 3 aliphatic heterocycles. The first-order valence-electron chi connectivity index (χ1n) is 21.2. The van der Waals surface area contributed by atoms with Crippen LogP contribution in [0.15, 0.2) is 36.0 Å². The van der Waals surface area contributed by atoms with E-state index in [9.17, 15) is 34.5 Å². The maximum absolute atomic E-state index is 14.5. The van der Waals surface area contributed by atoms with Crippen LogP contribution >= 0.6 is 0 Å². The summed E-state index contributed by atoms with van der Waals surface area (Å²) in [6.07, 6.45) is 6.92. The molecular formula is C45H71NO11. The van der Waals surface area contributed by atoms with Crippen molar-refractivity contribution in [2.45, 2.75) is 160 Å². The summed E-state index contributed by atoms with van der Waals surface area (Å²) < 4.78 is 23.6. The topological polar surface area (TPSA) is 169 Å². The van der Waals surface area contributed by atoms with Gasteiger partial charge in [0.1, 0.15) is 11.9 Å². The Labute approximate surface area is 340 Å². The van der Waals surface area contributed by atoms with Crippen LogP contribution in [0.2, 0.25) is 0 Å². The number of hydrogen-bond donors (Lipinski definition) is 3. The molecule has 2 saturated heterocycles. The summed E-state index contributed by atoms with van der Waals surface area (Å²) in [6, 6.07) is -0.920. The van der Waals surface area contributed by atoms with Crippen molar-refractivity contribution >= 4 is 23.3 Å². The monoisotopic (exact) mass is 802 g/mol. The van der Waals surface area contributed by atoms with Gasteiger partial charge in [0.25, 0.3) is 11.7 Å². The van der Waals surface area contributed by atoms with Crippen LogP contribution in [0.1, 0.15) is 112 Å². The zero-order valence-corrected chi connectivity index (χ0v) is 35.7. The molecule has 0 unspecified atom stereocenters. The van der Waals surface area contributed by atoms with Gasteiger partial charge in [-0.1, -0.05) is 50.1 Å². The van der Waals surface area contributed by atoms with Gasteiger partial charge in [-0.2, -0.15) is 0 Å². The summed E-state index contributed by atoms with van der Waals surface area (Å²) in [6.45, 7) is 13.5. The van der Waals surface area contributed by atoms with Gasteiger partial charge in [-0.05, 0) is 102 Å². The molecule has 12 nitrogen and oxygen atoms in total. The van der Waals surface area contributed by atoms with Gasteiger partial charge in [0.15, 0.2) is 5.78 Å². The Kier molecular flexibility index (Phi) is 17.4. The number of rotatable bonds is 7. The SMILES string of the molecule is C=CC[C@@H]1/C=C(\C)C[C@H](C)C[C@@H](OC)[C@@H]2O[C@@](O)(C(=O)C(=O)N3CCCC[C@H]3C(=O)C[C@@H](/C(C)=C/[C@@H]3CC[C@@H](O)[C@H](OC)C3)[C@H](C)[C@@H](O)CC1=O)[C@H](C)C[C@@H]2OC. The van der Waals surface area contributed by atoms with Crippen molar-refractivity contribution in [1.82, 2.24) is 4.90 Å². The Morgan fingerprint density at radius 3 is 2.21 bits per heavy atom. The molecule has 2 bridgehead atoms. The first-order chi connectivity index (χ1) is 27.0. The quantitative estimate of drug-likeness (QED) is 0.226. The van der Waals surface area contributed by atoms with E-state index in [0.29, 0.717) is 51.4 Å². The average Bonchev–Trinajstić information content (AvgIpc) is 3.18. The van der Waals surface area contributed by atoms with Crippen molar-refractivity contribution in [3.05, 3.63) is 36.0 Å². The molecule has 3 heterocycles. The molecular weight excluding hydrogens is 730 g/mol. The maximum Gasteiger partial charge on any atom is 0.296 e. The van der Waals surface area contributed by atoms with Crippen molar-refractivity contribution in [2.24, 2.45) is 35.5 Å². The summed E-state index contributed by atoms with van der Waals surface area (Å²) in [5, 5.41) is 34.3. The van der Waals surface area contributed by atoms with E-state index in [-0.39, 0.29) is 55.3 Å². The summed E-state index contributed by atoms with van der Waals surface area (Å²) >= 11 is 0. The lowest BCUT2D eigenvalue weighted by atomic mass is 9.75. The Morgan fingerprint density at radius 2 is 1.56 bits per heavy atom. The third kappa shape index (κ3) is 11.4. The minimum Gasteiger partial charge on any atom is -0.392 e. The molecule has 0 spiro atoms. The molecule has 0 aromatic heterocycles. The van der Waals surface area contributed by atoms with E-state index in [1.165, 1.54) is 12.0 Å². The standard InChI is InChI=1S/C45H71NO11/c1-10-13-32-19-26(2)18-27(3)20-40(55-8)42-41(56-9)22-29(5)45(53,57-42)43(51)44(52)46-17-12-11-14-34(46)38(50)24-33(30(6)36(48)25-37(32)49)28(4)21-31-15-16-35(47)39(23-31)54-7/h10,19,21,27,29-36,39-42,47-48,53H,1,11-18,20,22-25H2,2-9H3/b26-19+,28-21+/t27-,29+,30-,31-,32+,33-,34-,35+,36-,39+,40+,41-,42-,45+/m0/s1. The lowest BCUT2D eigenvalue weighted by Gasteiger charge is -2.47. The number of methoxy groups -OCH3 is 3. The summed E-state index contributed by atoms with van der Waals surface area (Å²) in [7, 11) is 4.66. The van der Waals surface area contributed by atoms with Gasteiger partial charge in [0.2, 0.25) is 5.79 Å². The average molecular weight is 802 g/mol. The lowest BCUT2D eigenvalue weighted by molar-refractivity contribution is -0.302. The molecule has 1 amide bonds. The van der Waals surface area contributed by atoms with Gasteiger partial charge >= 0.3 is 0 Å². The van der Waals surface area contributed by atoms with Crippen LogP contribution in [-0.4, -0.2) is 120 Å². The summed E-state index contributed by atoms with van der Waals surface area (Å²) in [5.74, 6) is -7.13. The maximum atomic E-state index is 14.5. The number of carbonyl (C=O) groups is 4. The smallest absolute Gasteiger partial charge is 0.296 e.